The number of halogens is 1. The summed E-state index contributed by atoms with van der Waals surface area (Å²) in [5.74, 6) is -0.949. The lowest BCUT2D eigenvalue weighted by Crippen LogP contribution is -2.43. The highest BCUT2D eigenvalue weighted by molar-refractivity contribution is 7.98. The molecule has 0 unspecified atom stereocenters. The number of carboxylic acid groups (broad SMARTS) is 1. The van der Waals surface area contributed by atoms with Gasteiger partial charge in [0.1, 0.15) is 11.9 Å². The highest BCUT2D eigenvalue weighted by Crippen LogP contribution is 2.09. The maximum Gasteiger partial charge on any atom is 0.326 e. The molecule has 2 amide bonds. The molecule has 1 aromatic carbocycles. The van der Waals surface area contributed by atoms with E-state index in [1.54, 1.807) is 0 Å². The highest BCUT2D eigenvalue weighted by atomic mass is 32.2. The van der Waals surface area contributed by atoms with Crippen LogP contribution < -0.4 is 10.6 Å². The molecule has 104 valence electrons. The van der Waals surface area contributed by atoms with E-state index in [1.165, 1.54) is 30.0 Å². The molecule has 3 N–H and O–H groups in total. The Labute approximate surface area is 114 Å². The first kappa shape index (κ1) is 15.3. The third-order valence-corrected chi connectivity index (χ3v) is 2.94. The zero-order chi connectivity index (χ0) is 14.3. The number of thioether (sulfide) groups is 1. The van der Waals surface area contributed by atoms with Gasteiger partial charge in [0.05, 0.1) is 0 Å². The van der Waals surface area contributed by atoms with E-state index in [0.29, 0.717) is 12.2 Å². The molecule has 0 aliphatic heterocycles. The lowest BCUT2D eigenvalue weighted by Gasteiger charge is -2.14. The number of carbonyl (C=O) groups is 2. The van der Waals surface area contributed by atoms with Crippen LogP contribution in [-0.4, -0.2) is 35.2 Å². The molecule has 0 aromatic heterocycles. The fourth-order valence-electron chi connectivity index (χ4n) is 1.38. The Morgan fingerprint density at radius 1 is 1.47 bits per heavy atom. The van der Waals surface area contributed by atoms with Crippen LogP contribution in [0.1, 0.15) is 6.42 Å². The summed E-state index contributed by atoms with van der Waals surface area (Å²) in [6.45, 7) is 0. The van der Waals surface area contributed by atoms with Crippen LogP contribution in [0.3, 0.4) is 0 Å². The van der Waals surface area contributed by atoms with Gasteiger partial charge in [0.2, 0.25) is 0 Å². The topological polar surface area (TPSA) is 78.4 Å². The van der Waals surface area contributed by atoms with E-state index < -0.39 is 23.9 Å². The molecule has 19 heavy (non-hydrogen) atoms. The molecule has 5 nitrogen and oxygen atoms in total. The molecule has 7 heteroatoms. The molecular weight excluding hydrogens is 271 g/mol. The van der Waals surface area contributed by atoms with Crippen LogP contribution in [0.4, 0.5) is 14.9 Å². The molecule has 0 saturated carbocycles. The van der Waals surface area contributed by atoms with Gasteiger partial charge < -0.3 is 15.7 Å². The van der Waals surface area contributed by atoms with Crippen LogP contribution in [0, 0.1) is 5.82 Å². The zero-order valence-electron chi connectivity index (χ0n) is 10.4. The van der Waals surface area contributed by atoms with Gasteiger partial charge in [-0.2, -0.15) is 11.8 Å². The largest absolute Gasteiger partial charge is 0.480 e. The van der Waals surface area contributed by atoms with Crippen molar-refractivity contribution in [3.05, 3.63) is 30.1 Å². The van der Waals surface area contributed by atoms with Crippen molar-refractivity contribution in [3.63, 3.8) is 0 Å². The van der Waals surface area contributed by atoms with Crippen LogP contribution in [0.15, 0.2) is 24.3 Å². The SMILES string of the molecule is CSCC[C@@H](NC(=O)Nc1cccc(F)c1)C(=O)O. The van der Waals surface area contributed by atoms with Gasteiger partial charge in [0.25, 0.3) is 0 Å². The zero-order valence-corrected chi connectivity index (χ0v) is 11.2. The van der Waals surface area contributed by atoms with E-state index in [2.05, 4.69) is 10.6 Å². The number of hydrogen-bond acceptors (Lipinski definition) is 3. The van der Waals surface area contributed by atoms with Crippen molar-refractivity contribution >= 4 is 29.4 Å². The fraction of sp³-hybridized carbons (Fsp3) is 0.333. The van der Waals surface area contributed by atoms with E-state index in [9.17, 15) is 14.0 Å². The second-order valence-corrected chi connectivity index (χ2v) is 4.77. The number of hydrogen-bond donors (Lipinski definition) is 3. The van der Waals surface area contributed by atoms with Gasteiger partial charge >= 0.3 is 12.0 Å². The third-order valence-electron chi connectivity index (χ3n) is 2.30. The lowest BCUT2D eigenvalue weighted by molar-refractivity contribution is -0.139. The predicted molar refractivity (Wildman–Crippen MR) is 73.0 cm³/mol. The fourth-order valence-corrected chi connectivity index (χ4v) is 1.86. The molecular formula is C12H15FN2O3S. The van der Waals surface area contributed by atoms with Crippen molar-refractivity contribution in [1.29, 1.82) is 0 Å². The number of benzene rings is 1. The summed E-state index contributed by atoms with van der Waals surface area (Å²) in [7, 11) is 0. The predicted octanol–water partition coefficient (Wildman–Crippen LogP) is 2.15. The van der Waals surface area contributed by atoms with Crippen LogP contribution in [-0.2, 0) is 4.79 Å². The Kier molecular flexibility index (Phi) is 6.14. The van der Waals surface area contributed by atoms with Crippen molar-refractivity contribution in [2.75, 3.05) is 17.3 Å². The van der Waals surface area contributed by atoms with Crippen molar-refractivity contribution in [1.82, 2.24) is 5.32 Å². The van der Waals surface area contributed by atoms with Gasteiger partial charge in [-0.25, -0.2) is 14.0 Å². The molecule has 1 aromatic rings. The Morgan fingerprint density at radius 2 is 2.21 bits per heavy atom. The summed E-state index contributed by atoms with van der Waals surface area (Å²) in [6, 6.07) is 3.74. The molecule has 0 bridgehead atoms. The minimum atomic E-state index is -1.09. The van der Waals surface area contributed by atoms with E-state index in [4.69, 9.17) is 5.11 Å². The molecule has 1 atom stereocenters. The normalized spacial score (nSPS) is 11.7. The number of nitrogens with one attached hydrogen (secondary N) is 2. The first-order valence-corrected chi connectivity index (χ1v) is 6.97. The molecule has 0 aliphatic carbocycles. The average molecular weight is 286 g/mol. The number of aliphatic carboxylic acids is 1. The molecule has 0 saturated heterocycles. The summed E-state index contributed by atoms with van der Waals surface area (Å²) >= 11 is 1.50. The maximum absolute atomic E-state index is 12.9. The number of amides is 2. The van der Waals surface area contributed by atoms with Crippen molar-refractivity contribution < 1.29 is 19.1 Å². The Hall–Kier alpha value is -1.76. The van der Waals surface area contributed by atoms with Crippen molar-refractivity contribution in [2.45, 2.75) is 12.5 Å². The summed E-state index contributed by atoms with van der Waals surface area (Å²) in [4.78, 5) is 22.5. The van der Waals surface area contributed by atoms with Gasteiger partial charge in [-0.3, -0.25) is 0 Å². The van der Waals surface area contributed by atoms with Crippen LogP contribution in [0.2, 0.25) is 0 Å². The molecule has 0 radical (unpaired) electrons. The second kappa shape index (κ2) is 7.63. The van der Waals surface area contributed by atoms with E-state index in [-0.39, 0.29) is 5.69 Å². The summed E-state index contributed by atoms with van der Waals surface area (Å²) in [5, 5.41) is 13.7. The minimum absolute atomic E-state index is 0.270. The number of urea groups is 1. The summed E-state index contributed by atoms with van der Waals surface area (Å²) < 4.78 is 12.9. The summed E-state index contributed by atoms with van der Waals surface area (Å²) in [5.41, 5.74) is 0.270. The number of carbonyl (C=O) groups excluding carboxylic acids is 1. The molecule has 0 fully saturated rings. The van der Waals surface area contributed by atoms with E-state index >= 15 is 0 Å². The number of carboxylic acids is 1. The highest BCUT2D eigenvalue weighted by Gasteiger charge is 2.19. The van der Waals surface area contributed by atoms with Crippen molar-refractivity contribution in [2.24, 2.45) is 0 Å². The van der Waals surface area contributed by atoms with Crippen LogP contribution >= 0.6 is 11.8 Å². The van der Waals surface area contributed by atoms with Gasteiger partial charge in [0.15, 0.2) is 0 Å². The van der Waals surface area contributed by atoms with Crippen molar-refractivity contribution in [3.8, 4) is 0 Å². The molecule has 0 heterocycles. The molecule has 0 aliphatic rings. The van der Waals surface area contributed by atoms with Gasteiger partial charge in [-0.15, -0.1) is 0 Å². The standard InChI is InChI=1S/C12H15FN2O3S/c1-19-6-5-10(11(16)17)15-12(18)14-9-4-2-3-8(13)7-9/h2-4,7,10H,5-6H2,1H3,(H,16,17)(H2,14,15,18)/t10-/m1/s1. The smallest absolute Gasteiger partial charge is 0.326 e. The maximum atomic E-state index is 12.9. The number of rotatable bonds is 6. The monoisotopic (exact) mass is 286 g/mol. The quantitative estimate of drug-likeness (QED) is 0.748. The Bertz CT molecular complexity index is 456. The van der Waals surface area contributed by atoms with E-state index in [1.807, 2.05) is 6.26 Å². The number of anilines is 1. The van der Waals surface area contributed by atoms with Crippen LogP contribution in [0.5, 0.6) is 0 Å². The Balaban J connectivity index is 2.55. The van der Waals surface area contributed by atoms with Gasteiger partial charge in [-0.1, -0.05) is 6.07 Å². The lowest BCUT2D eigenvalue weighted by atomic mass is 10.2. The summed E-state index contributed by atoms with van der Waals surface area (Å²) in [6.07, 6.45) is 2.18. The second-order valence-electron chi connectivity index (χ2n) is 3.78. The van der Waals surface area contributed by atoms with Gasteiger partial charge in [0, 0.05) is 5.69 Å². The minimum Gasteiger partial charge on any atom is -0.480 e. The molecule has 1 rings (SSSR count). The van der Waals surface area contributed by atoms with Gasteiger partial charge in [-0.05, 0) is 36.6 Å². The molecule has 0 spiro atoms. The Morgan fingerprint density at radius 3 is 2.79 bits per heavy atom. The van der Waals surface area contributed by atoms with E-state index in [0.717, 1.165) is 6.07 Å². The first-order valence-electron chi connectivity index (χ1n) is 5.57. The third kappa shape index (κ3) is 5.60. The average Bonchev–Trinajstić information content (AvgIpc) is 2.34. The van der Waals surface area contributed by atoms with Crippen LogP contribution in [0.25, 0.3) is 0 Å². The first-order chi connectivity index (χ1) is 9.02.